The molecule has 1 spiro atoms. The summed E-state index contributed by atoms with van der Waals surface area (Å²) in [7, 11) is 0. The summed E-state index contributed by atoms with van der Waals surface area (Å²) >= 11 is 1.90. The highest BCUT2D eigenvalue weighted by Gasteiger charge is 2.51. The second-order valence-corrected chi connectivity index (χ2v) is 13.3. The van der Waals surface area contributed by atoms with Crippen molar-refractivity contribution in [2.75, 3.05) is 0 Å². The maximum absolute atomic E-state index is 4.62. The van der Waals surface area contributed by atoms with Gasteiger partial charge >= 0.3 is 0 Å². The largest absolute Gasteiger partial charge is 0.264 e. The maximum Gasteiger partial charge on any atom is 0.0725 e. The Labute approximate surface area is 272 Å². The van der Waals surface area contributed by atoms with E-state index >= 15 is 0 Å². The average Bonchev–Trinajstić information content (AvgIpc) is 3.60. The van der Waals surface area contributed by atoms with Gasteiger partial charge in [0.05, 0.1) is 5.41 Å². The molecule has 214 valence electrons. The Bertz CT molecular complexity index is 2410. The Morgan fingerprint density at radius 3 is 1.72 bits per heavy atom. The summed E-state index contributed by atoms with van der Waals surface area (Å²) < 4.78 is 0. The number of hydrogen-bond acceptors (Lipinski definition) is 2. The number of pyridine rings is 1. The van der Waals surface area contributed by atoms with E-state index in [1.807, 2.05) is 24.2 Å². The van der Waals surface area contributed by atoms with Gasteiger partial charge in [-0.05, 0) is 78.4 Å². The number of nitrogens with zero attached hydrogens (tertiary/aromatic N) is 1. The predicted molar refractivity (Wildman–Crippen MR) is 192 cm³/mol. The van der Waals surface area contributed by atoms with Gasteiger partial charge in [-0.2, -0.15) is 0 Å². The van der Waals surface area contributed by atoms with E-state index in [0.29, 0.717) is 0 Å². The molecule has 0 N–H and O–H groups in total. The van der Waals surface area contributed by atoms with Crippen LogP contribution in [0.5, 0.6) is 0 Å². The molecule has 10 rings (SSSR count). The molecule has 2 heteroatoms. The third kappa shape index (κ3) is 3.34. The Kier molecular flexibility index (Phi) is 5.49. The minimum atomic E-state index is -0.346. The Hall–Kier alpha value is -5.44. The molecular formula is C44H27NS. The van der Waals surface area contributed by atoms with Crippen LogP contribution in [-0.4, -0.2) is 4.98 Å². The molecule has 0 bridgehead atoms. The molecule has 1 aromatic heterocycles. The summed E-state index contributed by atoms with van der Waals surface area (Å²) in [6.07, 6.45) is 3.97. The minimum absolute atomic E-state index is 0.346. The lowest BCUT2D eigenvalue weighted by Crippen LogP contribution is -2.25. The molecule has 0 saturated heterocycles. The van der Waals surface area contributed by atoms with Crippen molar-refractivity contribution < 1.29 is 0 Å². The van der Waals surface area contributed by atoms with Gasteiger partial charge in [0.25, 0.3) is 0 Å². The van der Waals surface area contributed by atoms with E-state index in [-0.39, 0.29) is 5.41 Å². The number of benzene rings is 7. The van der Waals surface area contributed by atoms with Crippen LogP contribution in [0.3, 0.4) is 0 Å². The number of hydrogen-bond donors (Lipinski definition) is 0. The van der Waals surface area contributed by atoms with Gasteiger partial charge in [-0.25, -0.2) is 0 Å². The summed E-state index contributed by atoms with van der Waals surface area (Å²) in [6, 6.07) is 55.9. The third-order valence-electron chi connectivity index (χ3n) is 10.0. The Morgan fingerprint density at radius 1 is 0.413 bits per heavy atom. The lowest BCUT2D eigenvalue weighted by atomic mass is 9.70. The lowest BCUT2D eigenvalue weighted by Gasteiger charge is -2.30. The van der Waals surface area contributed by atoms with E-state index in [2.05, 4.69) is 157 Å². The van der Waals surface area contributed by atoms with E-state index in [4.69, 9.17) is 0 Å². The van der Waals surface area contributed by atoms with E-state index in [1.165, 1.54) is 87.0 Å². The van der Waals surface area contributed by atoms with Crippen molar-refractivity contribution >= 4 is 33.3 Å². The third-order valence-corrected chi connectivity index (χ3v) is 11.2. The molecule has 1 nitrogen and oxygen atoms in total. The highest BCUT2D eigenvalue weighted by atomic mass is 32.2. The van der Waals surface area contributed by atoms with Crippen molar-refractivity contribution in [2.24, 2.45) is 0 Å². The normalized spacial score (nSPS) is 13.5. The Balaban J connectivity index is 1.27. The van der Waals surface area contributed by atoms with Crippen LogP contribution in [0.15, 0.2) is 174 Å². The van der Waals surface area contributed by atoms with Gasteiger partial charge in [-0.15, -0.1) is 0 Å². The molecule has 2 aliphatic carbocycles. The second kappa shape index (κ2) is 9.78. The number of aromatic nitrogens is 1. The number of rotatable bonds is 3. The molecular weight excluding hydrogens is 575 g/mol. The molecule has 0 atom stereocenters. The topological polar surface area (TPSA) is 12.9 Å². The van der Waals surface area contributed by atoms with Crippen LogP contribution < -0.4 is 0 Å². The summed E-state index contributed by atoms with van der Waals surface area (Å²) in [4.78, 5) is 7.17. The number of fused-ring (bicyclic) bond motifs is 12. The first-order valence-electron chi connectivity index (χ1n) is 15.8. The van der Waals surface area contributed by atoms with Crippen molar-refractivity contribution in [2.45, 2.75) is 15.2 Å². The predicted octanol–water partition coefficient (Wildman–Crippen LogP) is 11.5. The van der Waals surface area contributed by atoms with Gasteiger partial charge in [0.1, 0.15) is 0 Å². The van der Waals surface area contributed by atoms with Crippen LogP contribution in [-0.2, 0) is 5.41 Å². The first-order valence-corrected chi connectivity index (χ1v) is 16.6. The summed E-state index contributed by atoms with van der Waals surface area (Å²) in [5.41, 5.74) is 12.9. The standard InChI is InChI=1S/C44H27NS/c1-2-13-28(14-3-1)41-31-17-4-5-18-32(31)43(33-25-26-45-27-35(33)41)46-40-24-12-23-39-42(40)34-19-8-11-22-38(34)44(39)36-20-9-6-15-29(36)30-16-7-10-21-37(30)44/h1-27H. The first kappa shape index (κ1) is 25.8. The molecule has 1 heterocycles. The van der Waals surface area contributed by atoms with Crippen molar-refractivity contribution in [3.8, 4) is 33.4 Å². The maximum atomic E-state index is 4.62. The van der Waals surface area contributed by atoms with Gasteiger partial charge in [-0.1, -0.05) is 151 Å². The minimum Gasteiger partial charge on any atom is -0.264 e. The molecule has 2 aliphatic rings. The van der Waals surface area contributed by atoms with E-state index in [0.717, 1.165) is 0 Å². The van der Waals surface area contributed by atoms with E-state index in [9.17, 15) is 0 Å². The zero-order valence-corrected chi connectivity index (χ0v) is 25.8. The molecule has 46 heavy (non-hydrogen) atoms. The molecule has 0 fully saturated rings. The van der Waals surface area contributed by atoms with Gasteiger partial charge in [-0.3, -0.25) is 4.98 Å². The summed E-state index contributed by atoms with van der Waals surface area (Å²) in [5, 5.41) is 4.92. The molecule has 0 saturated carbocycles. The van der Waals surface area contributed by atoms with Crippen LogP contribution in [0.2, 0.25) is 0 Å². The van der Waals surface area contributed by atoms with E-state index < -0.39 is 0 Å². The fraction of sp³-hybridized carbons (Fsp3) is 0.0227. The van der Waals surface area contributed by atoms with Crippen LogP contribution in [0.1, 0.15) is 22.3 Å². The summed E-state index contributed by atoms with van der Waals surface area (Å²) in [6.45, 7) is 0. The molecule has 0 radical (unpaired) electrons. The van der Waals surface area contributed by atoms with Crippen molar-refractivity contribution in [3.63, 3.8) is 0 Å². The fourth-order valence-corrected chi connectivity index (χ4v) is 9.58. The van der Waals surface area contributed by atoms with Crippen LogP contribution >= 0.6 is 11.8 Å². The second-order valence-electron chi connectivity index (χ2n) is 12.2. The monoisotopic (exact) mass is 601 g/mol. The molecule has 0 amide bonds. The summed E-state index contributed by atoms with van der Waals surface area (Å²) in [5.74, 6) is 0. The molecule has 7 aromatic carbocycles. The smallest absolute Gasteiger partial charge is 0.0725 e. The molecule has 8 aromatic rings. The Morgan fingerprint density at radius 2 is 0.978 bits per heavy atom. The average molecular weight is 602 g/mol. The van der Waals surface area contributed by atoms with E-state index in [1.54, 1.807) is 0 Å². The highest BCUT2D eigenvalue weighted by Crippen LogP contribution is 2.64. The van der Waals surface area contributed by atoms with Crippen LogP contribution in [0.25, 0.3) is 54.9 Å². The van der Waals surface area contributed by atoms with Gasteiger partial charge in [0, 0.05) is 33.1 Å². The van der Waals surface area contributed by atoms with Crippen molar-refractivity contribution in [1.82, 2.24) is 4.98 Å². The SMILES string of the molecule is c1ccc(-c2c3ccccc3c(Sc3cccc4c3-c3ccccc3C43c4ccccc4-c4ccccc43)c3ccncc23)cc1. The van der Waals surface area contributed by atoms with Gasteiger partial charge < -0.3 is 0 Å². The molecule has 0 unspecified atom stereocenters. The van der Waals surface area contributed by atoms with Gasteiger partial charge in [0.15, 0.2) is 0 Å². The van der Waals surface area contributed by atoms with Crippen LogP contribution in [0, 0.1) is 0 Å². The van der Waals surface area contributed by atoms with Crippen molar-refractivity contribution in [3.05, 3.63) is 186 Å². The zero-order chi connectivity index (χ0) is 30.2. The lowest BCUT2D eigenvalue weighted by molar-refractivity contribution is 0.792. The highest BCUT2D eigenvalue weighted by molar-refractivity contribution is 8.00. The van der Waals surface area contributed by atoms with Gasteiger partial charge in [0.2, 0.25) is 0 Å². The quantitative estimate of drug-likeness (QED) is 0.187. The first-order chi connectivity index (χ1) is 22.9. The molecule has 0 aliphatic heterocycles. The van der Waals surface area contributed by atoms with Crippen molar-refractivity contribution in [1.29, 1.82) is 0 Å². The fourth-order valence-electron chi connectivity index (χ4n) is 8.31. The zero-order valence-electron chi connectivity index (χ0n) is 24.9. The van der Waals surface area contributed by atoms with Crippen LogP contribution in [0.4, 0.5) is 0 Å².